The third-order valence-electron chi connectivity index (χ3n) is 5.02. The highest BCUT2D eigenvalue weighted by molar-refractivity contribution is 6.33. The van der Waals surface area contributed by atoms with E-state index >= 15 is 0 Å². The number of carbonyl (C=O) groups is 2. The van der Waals surface area contributed by atoms with E-state index in [-0.39, 0.29) is 18.4 Å². The summed E-state index contributed by atoms with van der Waals surface area (Å²) in [7, 11) is 0. The number of rotatable bonds is 6. The monoisotopic (exact) mass is 413 g/mol. The van der Waals surface area contributed by atoms with Crippen molar-refractivity contribution in [3.05, 3.63) is 64.7 Å². The minimum absolute atomic E-state index is 0.0567. The van der Waals surface area contributed by atoms with Gasteiger partial charge in [0.2, 0.25) is 5.91 Å². The zero-order valence-electron chi connectivity index (χ0n) is 17.0. The standard InChI is InChI=1S/C23H28ClN3O2/c1-17(2)15-18-7-9-19(10-8-18)23(29)27-13-11-26(12-14-27)16-22(28)25-21-6-4-3-5-20(21)24/h3-10,17H,11-16H2,1-2H3,(H,25,28). The average Bonchev–Trinajstić information content (AvgIpc) is 2.70. The molecule has 0 unspecified atom stereocenters. The van der Waals surface area contributed by atoms with Crippen molar-refractivity contribution in [1.29, 1.82) is 0 Å². The van der Waals surface area contributed by atoms with Gasteiger partial charge >= 0.3 is 0 Å². The molecule has 2 aromatic rings. The van der Waals surface area contributed by atoms with Crippen LogP contribution in [0.25, 0.3) is 0 Å². The summed E-state index contributed by atoms with van der Waals surface area (Å²) in [6, 6.07) is 15.1. The molecule has 0 spiro atoms. The van der Waals surface area contributed by atoms with Gasteiger partial charge in [0.05, 0.1) is 17.3 Å². The van der Waals surface area contributed by atoms with E-state index in [1.54, 1.807) is 12.1 Å². The van der Waals surface area contributed by atoms with Crippen LogP contribution in [0.1, 0.15) is 29.8 Å². The summed E-state index contributed by atoms with van der Waals surface area (Å²) in [5, 5.41) is 3.37. The second kappa shape index (κ2) is 9.90. The number of hydrogen-bond donors (Lipinski definition) is 1. The first-order chi connectivity index (χ1) is 13.9. The molecule has 5 nitrogen and oxygen atoms in total. The molecule has 0 aromatic heterocycles. The summed E-state index contributed by atoms with van der Waals surface area (Å²) < 4.78 is 0. The van der Waals surface area contributed by atoms with E-state index in [4.69, 9.17) is 11.6 Å². The fourth-order valence-corrected chi connectivity index (χ4v) is 3.68. The molecule has 6 heteroatoms. The molecule has 3 rings (SSSR count). The Labute approximate surface area is 177 Å². The third kappa shape index (κ3) is 6.05. The summed E-state index contributed by atoms with van der Waals surface area (Å²) >= 11 is 6.09. The Morgan fingerprint density at radius 3 is 2.28 bits per heavy atom. The lowest BCUT2D eigenvalue weighted by Gasteiger charge is -2.34. The number of halogens is 1. The zero-order valence-corrected chi connectivity index (χ0v) is 17.8. The van der Waals surface area contributed by atoms with Crippen LogP contribution in [0.2, 0.25) is 5.02 Å². The Bertz CT molecular complexity index is 843. The Balaban J connectivity index is 1.48. The summed E-state index contributed by atoms with van der Waals surface area (Å²) in [5.74, 6) is 0.555. The summed E-state index contributed by atoms with van der Waals surface area (Å²) in [4.78, 5) is 29.0. The van der Waals surface area contributed by atoms with Gasteiger partial charge in [0.1, 0.15) is 0 Å². The first-order valence-corrected chi connectivity index (χ1v) is 10.4. The minimum atomic E-state index is -0.0985. The highest BCUT2D eigenvalue weighted by atomic mass is 35.5. The fourth-order valence-electron chi connectivity index (χ4n) is 3.50. The van der Waals surface area contributed by atoms with E-state index in [0.29, 0.717) is 42.8 Å². The van der Waals surface area contributed by atoms with Crippen LogP contribution in [0.3, 0.4) is 0 Å². The topological polar surface area (TPSA) is 52.7 Å². The Kier molecular flexibility index (Phi) is 7.29. The molecule has 2 amide bonds. The number of hydrogen-bond acceptors (Lipinski definition) is 3. The average molecular weight is 414 g/mol. The number of piperazine rings is 1. The number of benzene rings is 2. The van der Waals surface area contributed by atoms with E-state index in [0.717, 1.165) is 12.0 Å². The van der Waals surface area contributed by atoms with Crippen LogP contribution in [0.5, 0.6) is 0 Å². The van der Waals surface area contributed by atoms with Crippen molar-refractivity contribution in [2.45, 2.75) is 20.3 Å². The highest BCUT2D eigenvalue weighted by Crippen LogP contribution is 2.20. The maximum atomic E-state index is 12.8. The molecule has 1 aliphatic heterocycles. The van der Waals surface area contributed by atoms with Gasteiger partial charge in [-0.2, -0.15) is 0 Å². The van der Waals surface area contributed by atoms with Gasteiger partial charge in [-0.15, -0.1) is 0 Å². The SMILES string of the molecule is CC(C)Cc1ccc(C(=O)N2CCN(CC(=O)Nc3ccccc3Cl)CC2)cc1. The molecule has 1 N–H and O–H groups in total. The predicted molar refractivity (Wildman–Crippen MR) is 117 cm³/mol. The normalized spacial score (nSPS) is 14.8. The van der Waals surface area contributed by atoms with Crippen LogP contribution in [0.4, 0.5) is 5.69 Å². The smallest absolute Gasteiger partial charge is 0.253 e. The highest BCUT2D eigenvalue weighted by Gasteiger charge is 2.23. The van der Waals surface area contributed by atoms with E-state index in [1.807, 2.05) is 41.3 Å². The number of nitrogens with one attached hydrogen (secondary N) is 1. The van der Waals surface area contributed by atoms with E-state index < -0.39 is 0 Å². The lowest BCUT2D eigenvalue weighted by molar-refractivity contribution is -0.117. The van der Waals surface area contributed by atoms with Gasteiger partial charge in [0.15, 0.2) is 0 Å². The molecule has 1 saturated heterocycles. The van der Waals surface area contributed by atoms with Crippen molar-refractivity contribution in [3.63, 3.8) is 0 Å². The first kappa shape index (κ1) is 21.3. The minimum Gasteiger partial charge on any atom is -0.336 e. The van der Waals surface area contributed by atoms with E-state index in [1.165, 1.54) is 5.56 Å². The maximum Gasteiger partial charge on any atom is 0.253 e. The first-order valence-electron chi connectivity index (χ1n) is 10.1. The van der Waals surface area contributed by atoms with Crippen LogP contribution in [-0.4, -0.2) is 54.3 Å². The molecule has 29 heavy (non-hydrogen) atoms. The third-order valence-corrected chi connectivity index (χ3v) is 5.35. The molecule has 0 atom stereocenters. The van der Waals surface area contributed by atoms with Crippen molar-refractivity contribution in [2.75, 3.05) is 38.0 Å². The molecule has 1 heterocycles. The van der Waals surface area contributed by atoms with Crippen LogP contribution < -0.4 is 5.32 Å². The summed E-state index contributed by atoms with van der Waals surface area (Å²) in [6.07, 6.45) is 1.02. The van der Waals surface area contributed by atoms with E-state index in [9.17, 15) is 9.59 Å². The Hall–Kier alpha value is -2.37. The van der Waals surface area contributed by atoms with Crippen LogP contribution in [0, 0.1) is 5.92 Å². The Morgan fingerprint density at radius 1 is 1.00 bits per heavy atom. The van der Waals surface area contributed by atoms with Crippen LogP contribution >= 0.6 is 11.6 Å². The largest absolute Gasteiger partial charge is 0.336 e. The number of carbonyl (C=O) groups excluding carboxylic acids is 2. The van der Waals surface area contributed by atoms with Gasteiger partial charge in [0.25, 0.3) is 5.91 Å². The van der Waals surface area contributed by atoms with Crippen molar-refractivity contribution >= 4 is 29.1 Å². The molecule has 0 saturated carbocycles. The van der Waals surface area contributed by atoms with Crippen LogP contribution in [-0.2, 0) is 11.2 Å². The van der Waals surface area contributed by atoms with Gasteiger partial charge in [-0.3, -0.25) is 14.5 Å². The lowest BCUT2D eigenvalue weighted by Crippen LogP contribution is -2.50. The molecule has 0 aliphatic carbocycles. The van der Waals surface area contributed by atoms with E-state index in [2.05, 4.69) is 24.1 Å². The van der Waals surface area contributed by atoms with Gasteiger partial charge < -0.3 is 10.2 Å². The zero-order chi connectivity index (χ0) is 20.8. The second-order valence-electron chi connectivity index (χ2n) is 7.89. The molecular formula is C23H28ClN3O2. The number of para-hydroxylation sites is 1. The lowest BCUT2D eigenvalue weighted by atomic mass is 10.0. The van der Waals surface area contributed by atoms with Crippen molar-refractivity contribution in [3.8, 4) is 0 Å². The second-order valence-corrected chi connectivity index (χ2v) is 8.30. The maximum absolute atomic E-state index is 12.8. The molecular weight excluding hydrogens is 386 g/mol. The van der Waals surface area contributed by atoms with Crippen molar-refractivity contribution in [1.82, 2.24) is 9.80 Å². The number of nitrogens with zero attached hydrogens (tertiary/aromatic N) is 2. The molecule has 0 radical (unpaired) electrons. The van der Waals surface area contributed by atoms with Gasteiger partial charge in [-0.05, 0) is 42.2 Å². The van der Waals surface area contributed by atoms with Gasteiger partial charge in [-0.1, -0.05) is 49.7 Å². The number of amides is 2. The molecule has 1 fully saturated rings. The fraction of sp³-hybridized carbons (Fsp3) is 0.391. The molecule has 1 aliphatic rings. The molecule has 2 aromatic carbocycles. The number of anilines is 1. The molecule has 0 bridgehead atoms. The van der Waals surface area contributed by atoms with Crippen molar-refractivity contribution in [2.24, 2.45) is 5.92 Å². The predicted octanol–water partition coefficient (Wildman–Crippen LogP) is 3.94. The van der Waals surface area contributed by atoms with Gasteiger partial charge in [0, 0.05) is 31.7 Å². The van der Waals surface area contributed by atoms with Crippen LogP contribution in [0.15, 0.2) is 48.5 Å². The van der Waals surface area contributed by atoms with Gasteiger partial charge in [-0.25, -0.2) is 0 Å². The molecule has 154 valence electrons. The Morgan fingerprint density at radius 2 is 1.66 bits per heavy atom. The van der Waals surface area contributed by atoms with Crippen molar-refractivity contribution < 1.29 is 9.59 Å². The quantitative estimate of drug-likeness (QED) is 0.780. The summed E-state index contributed by atoms with van der Waals surface area (Å²) in [6.45, 7) is 7.25. The summed E-state index contributed by atoms with van der Waals surface area (Å²) in [5.41, 5.74) is 2.60.